The van der Waals surface area contributed by atoms with Gasteiger partial charge in [0.15, 0.2) is 0 Å². The number of thiophene rings is 1. The molecule has 0 radical (unpaired) electrons. The van der Waals surface area contributed by atoms with Gasteiger partial charge in [0.25, 0.3) is 5.91 Å². The summed E-state index contributed by atoms with van der Waals surface area (Å²) in [5, 5.41) is 4.36. The predicted molar refractivity (Wildman–Crippen MR) is 154 cm³/mol. The predicted octanol–water partition coefficient (Wildman–Crippen LogP) is 8.01. The monoisotopic (exact) mass is 576 g/mol. The van der Waals surface area contributed by atoms with Gasteiger partial charge in [-0.15, -0.1) is 11.3 Å². The van der Waals surface area contributed by atoms with Crippen LogP contribution in [0.2, 0.25) is 0 Å². The molecule has 190 valence electrons. The Kier molecular flexibility index (Phi) is 7.19. The minimum atomic E-state index is -0.407. The molecule has 1 N–H and O–H groups in total. The molecule has 2 aromatic carbocycles. The van der Waals surface area contributed by atoms with Crippen molar-refractivity contribution >= 4 is 55.0 Å². The van der Waals surface area contributed by atoms with Crippen LogP contribution in [0.3, 0.4) is 0 Å². The first-order valence-electron chi connectivity index (χ1n) is 12.5. The molecule has 0 unspecified atom stereocenters. The molecule has 2 aromatic heterocycles. The van der Waals surface area contributed by atoms with E-state index in [2.05, 4.69) is 54.2 Å². The zero-order chi connectivity index (χ0) is 26.3. The molecule has 0 bridgehead atoms. The Labute approximate surface area is 229 Å². The van der Waals surface area contributed by atoms with Gasteiger partial charge in [-0.1, -0.05) is 61.0 Å². The number of fused-ring (bicyclic) bond motifs is 2. The third-order valence-electron chi connectivity index (χ3n) is 7.02. The van der Waals surface area contributed by atoms with E-state index in [-0.39, 0.29) is 5.91 Å². The number of amides is 1. The zero-order valence-electron chi connectivity index (χ0n) is 21.4. The smallest absolute Gasteiger partial charge is 0.341 e. The molecule has 4 aromatic rings. The van der Waals surface area contributed by atoms with E-state index in [1.54, 1.807) is 0 Å². The Balaban J connectivity index is 1.58. The van der Waals surface area contributed by atoms with Crippen molar-refractivity contribution in [3.8, 4) is 11.3 Å². The molecule has 1 amide bonds. The normalized spacial score (nSPS) is 15.0. The van der Waals surface area contributed by atoms with E-state index in [1.165, 1.54) is 24.0 Å². The zero-order valence-corrected chi connectivity index (χ0v) is 23.8. The van der Waals surface area contributed by atoms with Gasteiger partial charge in [0.05, 0.1) is 29.4 Å². The fourth-order valence-corrected chi connectivity index (χ4v) is 6.65. The molecule has 0 spiro atoms. The number of esters is 1. The molecular weight excluding hydrogens is 548 g/mol. The molecular formula is C30H29BrN2O3S. The molecule has 5 rings (SSSR count). The number of rotatable bonds is 5. The van der Waals surface area contributed by atoms with Gasteiger partial charge < -0.3 is 10.1 Å². The summed E-state index contributed by atoms with van der Waals surface area (Å²) in [6.45, 7) is 6.54. The minimum absolute atomic E-state index is 0.276. The first-order valence-corrected chi connectivity index (χ1v) is 14.1. The lowest BCUT2D eigenvalue weighted by Gasteiger charge is -2.18. The molecule has 0 saturated carbocycles. The Morgan fingerprint density at radius 1 is 1.14 bits per heavy atom. The SMILES string of the molecule is COC(=O)c1c(NC(=O)c2cc(-c3ccc(C(C)C)cc3)nc3ccc(Br)cc23)sc2c1CC[C@H](C)C2. The molecule has 7 heteroatoms. The number of pyridine rings is 1. The van der Waals surface area contributed by atoms with Gasteiger partial charge in [-0.2, -0.15) is 0 Å². The number of carbonyl (C=O) groups excluding carboxylic acids is 2. The number of methoxy groups -OCH3 is 1. The topological polar surface area (TPSA) is 68.3 Å². The molecule has 1 aliphatic rings. The summed E-state index contributed by atoms with van der Waals surface area (Å²) in [6.07, 6.45) is 2.74. The summed E-state index contributed by atoms with van der Waals surface area (Å²) in [7, 11) is 1.38. The average Bonchev–Trinajstić information content (AvgIpc) is 3.24. The van der Waals surface area contributed by atoms with Gasteiger partial charge in [-0.05, 0) is 66.5 Å². The number of carbonyl (C=O) groups is 2. The van der Waals surface area contributed by atoms with E-state index in [0.29, 0.717) is 28.0 Å². The van der Waals surface area contributed by atoms with Crippen molar-refractivity contribution < 1.29 is 14.3 Å². The van der Waals surface area contributed by atoms with Crippen LogP contribution in [0.25, 0.3) is 22.2 Å². The lowest BCUT2D eigenvalue weighted by atomic mass is 9.88. The van der Waals surface area contributed by atoms with E-state index >= 15 is 0 Å². The number of nitrogens with one attached hydrogen (secondary N) is 1. The first kappa shape index (κ1) is 25.6. The van der Waals surface area contributed by atoms with E-state index in [0.717, 1.165) is 56.3 Å². The lowest BCUT2D eigenvalue weighted by Crippen LogP contribution is -2.16. The molecule has 0 fully saturated rings. The summed E-state index contributed by atoms with van der Waals surface area (Å²) in [5.74, 6) is 0.296. The number of benzene rings is 2. The van der Waals surface area contributed by atoms with Gasteiger partial charge in [-0.3, -0.25) is 4.79 Å². The summed E-state index contributed by atoms with van der Waals surface area (Å²) in [4.78, 5) is 32.6. The van der Waals surface area contributed by atoms with Crippen molar-refractivity contribution in [3.63, 3.8) is 0 Å². The Bertz CT molecular complexity index is 1510. The molecule has 37 heavy (non-hydrogen) atoms. The Hall–Kier alpha value is -3.03. The van der Waals surface area contributed by atoms with E-state index in [4.69, 9.17) is 9.72 Å². The van der Waals surface area contributed by atoms with Gasteiger partial charge >= 0.3 is 5.97 Å². The number of halogens is 1. The van der Waals surface area contributed by atoms with Crippen molar-refractivity contribution in [2.45, 2.75) is 46.0 Å². The number of ether oxygens (including phenoxy) is 1. The highest BCUT2D eigenvalue weighted by Crippen LogP contribution is 2.40. The number of aromatic nitrogens is 1. The van der Waals surface area contributed by atoms with Crippen molar-refractivity contribution in [2.75, 3.05) is 12.4 Å². The van der Waals surface area contributed by atoms with Crippen molar-refractivity contribution in [1.29, 1.82) is 0 Å². The van der Waals surface area contributed by atoms with E-state index in [9.17, 15) is 9.59 Å². The Morgan fingerprint density at radius 2 is 1.89 bits per heavy atom. The molecule has 5 nitrogen and oxygen atoms in total. The summed E-state index contributed by atoms with van der Waals surface area (Å²) in [6, 6.07) is 15.9. The standard InChI is InChI=1S/C30H29BrN2O3S/c1-16(2)18-6-8-19(9-7-18)25-15-23(22-14-20(31)10-12-24(22)32-25)28(34)33-29-27(30(35)36-4)21-11-5-17(3)13-26(21)37-29/h6-10,12,14-17H,5,11,13H2,1-4H3,(H,33,34)/t17-/m0/s1. The molecule has 2 heterocycles. The second kappa shape index (κ2) is 10.4. The maximum atomic E-state index is 13.8. The highest BCUT2D eigenvalue weighted by molar-refractivity contribution is 9.10. The van der Waals surface area contributed by atoms with Gasteiger partial charge in [0, 0.05) is 20.3 Å². The molecule has 0 saturated heterocycles. The van der Waals surface area contributed by atoms with Crippen molar-refractivity contribution in [2.24, 2.45) is 5.92 Å². The maximum absolute atomic E-state index is 13.8. The molecule has 1 atom stereocenters. The fourth-order valence-electron chi connectivity index (χ4n) is 4.90. The van der Waals surface area contributed by atoms with E-state index < -0.39 is 5.97 Å². The third kappa shape index (κ3) is 5.07. The second-order valence-electron chi connectivity index (χ2n) is 9.99. The largest absolute Gasteiger partial charge is 0.465 e. The van der Waals surface area contributed by atoms with Gasteiger partial charge in [-0.25, -0.2) is 9.78 Å². The van der Waals surface area contributed by atoms with Gasteiger partial charge in [0.1, 0.15) is 5.00 Å². The number of nitrogens with zero attached hydrogens (tertiary/aromatic N) is 1. The number of anilines is 1. The lowest BCUT2D eigenvalue weighted by molar-refractivity contribution is 0.0601. The van der Waals surface area contributed by atoms with Crippen molar-refractivity contribution in [1.82, 2.24) is 4.98 Å². The van der Waals surface area contributed by atoms with Crippen LogP contribution >= 0.6 is 27.3 Å². The van der Waals surface area contributed by atoms with Crippen LogP contribution in [0.15, 0.2) is 53.0 Å². The van der Waals surface area contributed by atoms with Crippen LogP contribution < -0.4 is 5.32 Å². The number of hydrogen-bond donors (Lipinski definition) is 1. The van der Waals surface area contributed by atoms with Crippen LogP contribution in [-0.4, -0.2) is 24.0 Å². The minimum Gasteiger partial charge on any atom is -0.465 e. The summed E-state index contributed by atoms with van der Waals surface area (Å²) in [5.41, 5.74) is 5.65. The van der Waals surface area contributed by atoms with Crippen LogP contribution in [0.4, 0.5) is 5.00 Å². The summed E-state index contributed by atoms with van der Waals surface area (Å²) < 4.78 is 5.97. The fraction of sp³-hybridized carbons (Fsp3) is 0.300. The van der Waals surface area contributed by atoms with Crippen LogP contribution in [-0.2, 0) is 17.6 Å². The van der Waals surface area contributed by atoms with Gasteiger partial charge in [0.2, 0.25) is 0 Å². The van der Waals surface area contributed by atoms with E-state index in [1.807, 2.05) is 36.4 Å². The second-order valence-corrected chi connectivity index (χ2v) is 12.0. The van der Waals surface area contributed by atoms with Crippen LogP contribution in [0, 0.1) is 5.92 Å². The van der Waals surface area contributed by atoms with Crippen molar-refractivity contribution in [3.05, 3.63) is 80.1 Å². The molecule has 1 aliphatic carbocycles. The summed E-state index contributed by atoms with van der Waals surface area (Å²) >= 11 is 5.02. The van der Waals surface area contributed by atoms with Crippen LogP contribution in [0.5, 0.6) is 0 Å². The highest BCUT2D eigenvalue weighted by Gasteiger charge is 2.29. The van der Waals surface area contributed by atoms with Crippen LogP contribution in [0.1, 0.15) is 69.8 Å². The quantitative estimate of drug-likeness (QED) is 0.244. The maximum Gasteiger partial charge on any atom is 0.341 e. The third-order valence-corrected chi connectivity index (χ3v) is 8.68. The molecule has 0 aliphatic heterocycles. The Morgan fingerprint density at radius 3 is 2.59 bits per heavy atom. The highest BCUT2D eigenvalue weighted by atomic mass is 79.9. The average molecular weight is 578 g/mol. The number of hydrogen-bond acceptors (Lipinski definition) is 5. The first-order chi connectivity index (χ1) is 17.7.